The molecular weight excluding hydrogens is 458 g/mol. The molecular formula is C29H35NO6. The van der Waals surface area contributed by atoms with Crippen LogP contribution in [0.2, 0.25) is 0 Å². The van der Waals surface area contributed by atoms with Gasteiger partial charge in [0.05, 0.1) is 12.5 Å². The van der Waals surface area contributed by atoms with Gasteiger partial charge in [0.2, 0.25) is 5.78 Å². The van der Waals surface area contributed by atoms with Crippen LogP contribution in [0.25, 0.3) is 0 Å². The third-order valence-corrected chi connectivity index (χ3v) is 9.94. The summed E-state index contributed by atoms with van der Waals surface area (Å²) in [5.74, 6) is -1.34. The van der Waals surface area contributed by atoms with Gasteiger partial charge in [-0.05, 0) is 67.2 Å². The first-order valence-corrected chi connectivity index (χ1v) is 12.9. The molecule has 5 rings (SSSR count). The van der Waals surface area contributed by atoms with Crippen molar-refractivity contribution in [3.05, 3.63) is 53.9 Å². The summed E-state index contributed by atoms with van der Waals surface area (Å²) >= 11 is 0. The number of Topliss-reactive ketones (excluding diaryl/α,β-unsaturated/α-hetero) is 1. The van der Waals surface area contributed by atoms with E-state index in [2.05, 4.69) is 11.9 Å². The van der Waals surface area contributed by atoms with E-state index in [1.54, 1.807) is 36.7 Å². The number of hydrogen-bond acceptors (Lipinski definition) is 7. The number of esters is 1. The molecule has 8 atom stereocenters. The lowest BCUT2D eigenvalue weighted by Gasteiger charge is -2.59. The number of rotatable bonds is 5. The van der Waals surface area contributed by atoms with Crippen molar-refractivity contribution in [1.82, 2.24) is 4.98 Å². The first-order chi connectivity index (χ1) is 17.0. The van der Waals surface area contributed by atoms with Crippen LogP contribution in [-0.2, 0) is 25.5 Å². The van der Waals surface area contributed by atoms with Crippen molar-refractivity contribution < 1.29 is 29.3 Å². The summed E-state index contributed by atoms with van der Waals surface area (Å²) in [6.45, 7) is 5.41. The summed E-state index contributed by atoms with van der Waals surface area (Å²) in [4.78, 5) is 41.9. The quantitative estimate of drug-likeness (QED) is 0.606. The predicted octanol–water partition coefficient (Wildman–Crippen LogP) is 2.99. The fourth-order valence-corrected chi connectivity index (χ4v) is 8.23. The van der Waals surface area contributed by atoms with Crippen LogP contribution in [0.15, 0.2) is 48.3 Å². The smallest absolute Gasteiger partial charge is 0.310 e. The first-order valence-electron chi connectivity index (χ1n) is 12.9. The molecule has 1 aromatic rings. The topological polar surface area (TPSA) is 114 Å². The number of aliphatic hydroxyl groups is 2. The fourth-order valence-electron chi connectivity index (χ4n) is 8.23. The minimum absolute atomic E-state index is 0.00190. The molecule has 0 aromatic carbocycles. The molecule has 0 radical (unpaired) electrons. The summed E-state index contributed by atoms with van der Waals surface area (Å²) in [5, 5.41) is 23.5. The van der Waals surface area contributed by atoms with Crippen LogP contribution in [0, 0.1) is 34.5 Å². The second-order valence-electron chi connectivity index (χ2n) is 11.7. The second-order valence-corrected chi connectivity index (χ2v) is 11.7. The molecule has 36 heavy (non-hydrogen) atoms. The summed E-state index contributed by atoms with van der Waals surface area (Å²) in [6, 6.07) is 3.49. The third kappa shape index (κ3) is 3.62. The lowest BCUT2D eigenvalue weighted by molar-refractivity contribution is -0.186. The van der Waals surface area contributed by atoms with Crippen molar-refractivity contribution in [3.8, 4) is 0 Å². The van der Waals surface area contributed by atoms with Crippen molar-refractivity contribution in [2.75, 3.05) is 6.61 Å². The van der Waals surface area contributed by atoms with Gasteiger partial charge in [-0.3, -0.25) is 19.4 Å². The predicted molar refractivity (Wildman–Crippen MR) is 131 cm³/mol. The zero-order valence-corrected chi connectivity index (χ0v) is 21.1. The molecule has 0 bridgehead atoms. The first kappa shape index (κ1) is 25.0. The van der Waals surface area contributed by atoms with Gasteiger partial charge >= 0.3 is 5.97 Å². The molecule has 2 N–H and O–H groups in total. The van der Waals surface area contributed by atoms with Crippen molar-refractivity contribution in [2.24, 2.45) is 34.5 Å². The average Bonchev–Trinajstić information content (AvgIpc) is 3.04. The molecule has 7 nitrogen and oxygen atoms in total. The Balaban J connectivity index is 1.36. The lowest BCUT2D eigenvalue weighted by atomic mass is 9.46. The summed E-state index contributed by atoms with van der Waals surface area (Å²) < 4.78 is 5.30. The molecule has 192 valence electrons. The van der Waals surface area contributed by atoms with E-state index >= 15 is 0 Å². The Labute approximate surface area is 211 Å². The SMILES string of the molecule is C[C@@H]1CC2C3CCC4=CC(=O)C=CC4(C)C3C(O)CC2(C)[C@@]1(O)C(=O)COC(=O)Cc1cccnc1. The molecule has 3 fully saturated rings. The van der Waals surface area contributed by atoms with Gasteiger partial charge in [-0.25, -0.2) is 0 Å². The summed E-state index contributed by atoms with van der Waals surface area (Å²) in [6.07, 6.45) is 10.2. The maximum atomic E-state index is 13.5. The molecule has 0 aliphatic heterocycles. The highest BCUT2D eigenvalue weighted by Gasteiger charge is 2.70. The number of carbonyl (C=O) groups is 3. The van der Waals surface area contributed by atoms with E-state index in [0.717, 1.165) is 18.4 Å². The van der Waals surface area contributed by atoms with Crippen LogP contribution in [0.3, 0.4) is 0 Å². The third-order valence-electron chi connectivity index (χ3n) is 9.94. The number of nitrogens with zero attached hydrogens (tertiary/aromatic N) is 1. The number of hydrogen-bond donors (Lipinski definition) is 2. The largest absolute Gasteiger partial charge is 0.457 e. The van der Waals surface area contributed by atoms with Gasteiger partial charge in [-0.1, -0.05) is 38.5 Å². The minimum atomic E-state index is -1.70. The minimum Gasteiger partial charge on any atom is -0.457 e. The molecule has 3 saturated carbocycles. The molecule has 1 heterocycles. The van der Waals surface area contributed by atoms with E-state index in [1.807, 2.05) is 19.9 Å². The number of ether oxygens (including phenoxy) is 1. The lowest BCUT2D eigenvalue weighted by Crippen LogP contribution is -2.62. The second kappa shape index (κ2) is 8.73. The maximum Gasteiger partial charge on any atom is 0.310 e. The molecule has 1 aromatic heterocycles. The van der Waals surface area contributed by atoms with Crippen molar-refractivity contribution in [2.45, 2.75) is 64.6 Å². The van der Waals surface area contributed by atoms with Gasteiger partial charge in [-0.2, -0.15) is 0 Å². The molecule has 7 heteroatoms. The Morgan fingerprint density at radius 3 is 2.78 bits per heavy atom. The number of aliphatic hydroxyl groups excluding tert-OH is 1. The number of ketones is 2. The number of fused-ring (bicyclic) bond motifs is 5. The molecule has 6 unspecified atom stereocenters. The number of carbonyl (C=O) groups excluding carboxylic acids is 3. The standard InChI is InChI=1S/C29H35NO6/c1-17-11-22-21-7-6-19-13-20(31)8-9-27(19,2)26(21)23(32)14-28(22,3)29(17,35)24(33)16-36-25(34)12-18-5-4-10-30-15-18/h4-5,8-10,13,15,17,21-23,26,32,35H,6-7,11-12,14,16H2,1-3H3/t17-,21?,22?,23?,26?,27?,28?,29+/m1/s1. The van der Waals surface area contributed by atoms with E-state index in [0.29, 0.717) is 12.0 Å². The highest BCUT2D eigenvalue weighted by atomic mass is 16.5. The van der Waals surface area contributed by atoms with E-state index < -0.39 is 40.9 Å². The zero-order valence-electron chi connectivity index (χ0n) is 21.1. The van der Waals surface area contributed by atoms with E-state index in [1.165, 1.54) is 0 Å². The van der Waals surface area contributed by atoms with Crippen LogP contribution < -0.4 is 0 Å². The van der Waals surface area contributed by atoms with Crippen molar-refractivity contribution in [1.29, 1.82) is 0 Å². The van der Waals surface area contributed by atoms with Gasteiger partial charge in [0.25, 0.3) is 0 Å². The zero-order chi connectivity index (χ0) is 25.9. The molecule has 0 saturated heterocycles. The summed E-state index contributed by atoms with van der Waals surface area (Å²) in [5.41, 5.74) is -1.20. The van der Waals surface area contributed by atoms with Gasteiger partial charge in [-0.15, -0.1) is 0 Å². The van der Waals surface area contributed by atoms with Gasteiger partial charge in [0.1, 0.15) is 5.60 Å². The van der Waals surface area contributed by atoms with E-state index in [9.17, 15) is 24.6 Å². The average molecular weight is 494 g/mol. The monoisotopic (exact) mass is 493 g/mol. The Bertz CT molecular complexity index is 1140. The summed E-state index contributed by atoms with van der Waals surface area (Å²) in [7, 11) is 0. The van der Waals surface area contributed by atoms with Crippen LogP contribution in [0.5, 0.6) is 0 Å². The Kier molecular flexibility index (Phi) is 6.07. The number of aromatic nitrogens is 1. The highest BCUT2D eigenvalue weighted by Crippen LogP contribution is 2.68. The normalized spacial score (nSPS) is 41.1. The Hall–Kier alpha value is -2.64. The highest BCUT2D eigenvalue weighted by molar-refractivity contribution is 6.01. The Morgan fingerprint density at radius 1 is 1.28 bits per heavy atom. The number of pyridine rings is 1. The Morgan fingerprint density at radius 2 is 2.06 bits per heavy atom. The maximum absolute atomic E-state index is 13.5. The molecule has 4 aliphatic rings. The molecule has 0 spiro atoms. The van der Waals surface area contributed by atoms with Gasteiger partial charge in [0.15, 0.2) is 12.4 Å². The van der Waals surface area contributed by atoms with Crippen LogP contribution >= 0.6 is 0 Å². The van der Waals surface area contributed by atoms with Gasteiger partial charge < -0.3 is 14.9 Å². The van der Waals surface area contributed by atoms with Crippen LogP contribution in [-0.4, -0.2) is 51.0 Å². The van der Waals surface area contributed by atoms with Crippen molar-refractivity contribution in [3.63, 3.8) is 0 Å². The van der Waals surface area contributed by atoms with Crippen LogP contribution in [0.4, 0.5) is 0 Å². The number of allylic oxidation sites excluding steroid dienone is 4. The van der Waals surface area contributed by atoms with E-state index in [4.69, 9.17) is 4.74 Å². The van der Waals surface area contributed by atoms with Gasteiger partial charge in [0, 0.05) is 29.1 Å². The molecule has 4 aliphatic carbocycles. The van der Waals surface area contributed by atoms with Crippen molar-refractivity contribution >= 4 is 17.5 Å². The van der Waals surface area contributed by atoms with Crippen LogP contribution in [0.1, 0.15) is 52.0 Å². The van der Waals surface area contributed by atoms with E-state index in [-0.39, 0.29) is 42.3 Å². The molecule has 0 amide bonds. The fraction of sp³-hybridized carbons (Fsp3) is 0.586.